The van der Waals surface area contributed by atoms with Crippen molar-refractivity contribution in [3.05, 3.63) is 35.9 Å². The molecule has 2 rings (SSSR count). The van der Waals surface area contributed by atoms with Gasteiger partial charge < -0.3 is 4.90 Å². The summed E-state index contributed by atoms with van der Waals surface area (Å²) in [5.41, 5.74) is 0.802. The highest BCUT2D eigenvalue weighted by Gasteiger charge is 2.42. The predicted octanol–water partition coefficient (Wildman–Crippen LogP) is 3.09. The average molecular weight is 300 g/mol. The summed E-state index contributed by atoms with van der Waals surface area (Å²) in [5.74, 6) is -0.234. The maximum atomic E-state index is 12.5. The van der Waals surface area contributed by atoms with E-state index in [0.29, 0.717) is 0 Å². The maximum Gasteiger partial charge on any atom is 0.390 e. The van der Waals surface area contributed by atoms with Crippen molar-refractivity contribution in [3.63, 3.8) is 0 Å². The number of halogens is 3. The third-order valence-electron chi connectivity index (χ3n) is 3.62. The minimum Gasteiger partial charge on any atom is -0.321 e. The van der Waals surface area contributed by atoms with E-state index < -0.39 is 24.8 Å². The number of nitrogens with one attached hydrogen (secondary N) is 1. The van der Waals surface area contributed by atoms with Crippen molar-refractivity contribution in [3.8, 4) is 0 Å². The van der Waals surface area contributed by atoms with Gasteiger partial charge in [-0.2, -0.15) is 13.2 Å². The molecule has 1 fully saturated rings. The first-order valence-corrected chi connectivity index (χ1v) is 6.98. The van der Waals surface area contributed by atoms with Gasteiger partial charge in [-0.05, 0) is 11.5 Å². The molecule has 1 N–H and O–H groups in total. The van der Waals surface area contributed by atoms with Crippen LogP contribution in [0.3, 0.4) is 0 Å². The Hall–Kier alpha value is -1.56. The Bertz CT molecular complexity index is 487. The molecular weight excluding hydrogens is 281 g/mol. The first kappa shape index (κ1) is 15.8. The van der Waals surface area contributed by atoms with Crippen molar-refractivity contribution in [1.29, 1.82) is 0 Å². The molecule has 6 heteroatoms. The van der Waals surface area contributed by atoms with Crippen LogP contribution >= 0.6 is 0 Å². The van der Waals surface area contributed by atoms with Crippen molar-refractivity contribution < 1.29 is 18.0 Å². The largest absolute Gasteiger partial charge is 0.390 e. The van der Waals surface area contributed by atoms with Gasteiger partial charge in [0.25, 0.3) is 0 Å². The second-order valence-corrected chi connectivity index (χ2v) is 5.60. The van der Waals surface area contributed by atoms with Crippen molar-refractivity contribution in [1.82, 2.24) is 10.2 Å². The Morgan fingerprint density at radius 3 is 2.38 bits per heavy atom. The van der Waals surface area contributed by atoms with E-state index in [0.717, 1.165) is 5.56 Å². The number of amides is 1. The van der Waals surface area contributed by atoms with Gasteiger partial charge in [-0.25, -0.2) is 0 Å². The van der Waals surface area contributed by atoms with Gasteiger partial charge in [0.15, 0.2) is 0 Å². The topological polar surface area (TPSA) is 32.3 Å². The molecule has 0 radical (unpaired) electrons. The molecule has 1 aromatic carbocycles. The molecule has 116 valence electrons. The lowest BCUT2D eigenvalue weighted by Crippen LogP contribution is -2.35. The third kappa shape index (κ3) is 3.75. The molecule has 1 aliphatic heterocycles. The van der Waals surface area contributed by atoms with Gasteiger partial charge in [0.05, 0.1) is 12.5 Å². The molecular formula is C15H19F3N2O. The molecule has 0 aromatic heterocycles. The molecule has 2 unspecified atom stereocenters. The van der Waals surface area contributed by atoms with Crippen LogP contribution in [0.1, 0.15) is 32.0 Å². The highest BCUT2D eigenvalue weighted by Crippen LogP contribution is 2.30. The summed E-state index contributed by atoms with van der Waals surface area (Å²) in [7, 11) is 0. The molecule has 1 heterocycles. The Labute approximate surface area is 122 Å². The van der Waals surface area contributed by atoms with Gasteiger partial charge in [-0.3, -0.25) is 10.1 Å². The van der Waals surface area contributed by atoms with E-state index in [-0.39, 0.29) is 18.4 Å². The molecule has 0 aliphatic carbocycles. The van der Waals surface area contributed by atoms with Crippen LogP contribution in [0, 0.1) is 5.92 Å². The molecule has 0 saturated carbocycles. The Balaban J connectivity index is 2.21. The van der Waals surface area contributed by atoms with Gasteiger partial charge in [0.1, 0.15) is 6.17 Å². The van der Waals surface area contributed by atoms with Gasteiger partial charge in [-0.1, -0.05) is 44.2 Å². The fraction of sp³-hybridized carbons (Fsp3) is 0.533. The van der Waals surface area contributed by atoms with Crippen LogP contribution in [-0.4, -0.2) is 29.6 Å². The van der Waals surface area contributed by atoms with E-state index in [1.807, 2.05) is 44.2 Å². The first-order chi connectivity index (χ1) is 9.79. The highest BCUT2D eigenvalue weighted by atomic mass is 19.4. The number of carbonyl (C=O) groups excluding carboxylic acids is 1. The number of carbonyl (C=O) groups is 1. The molecule has 1 amide bonds. The highest BCUT2D eigenvalue weighted by molar-refractivity contribution is 5.84. The van der Waals surface area contributed by atoms with Crippen LogP contribution in [0.2, 0.25) is 0 Å². The number of alkyl halides is 3. The smallest absolute Gasteiger partial charge is 0.321 e. The van der Waals surface area contributed by atoms with Crippen LogP contribution in [0.5, 0.6) is 0 Å². The zero-order chi connectivity index (χ0) is 15.6. The standard InChI is InChI=1S/C15H19F3N2O/c1-10(2)12-14(21)20(9-8-15(16,17)18)13(19-12)11-6-4-3-5-7-11/h3-7,10,12-13,19H,8-9H2,1-2H3. The number of nitrogens with zero attached hydrogens (tertiary/aromatic N) is 1. The summed E-state index contributed by atoms with van der Waals surface area (Å²) in [5, 5.41) is 3.15. The molecule has 0 bridgehead atoms. The monoisotopic (exact) mass is 300 g/mol. The summed E-state index contributed by atoms with van der Waals surface area (Å²) in [6, 6.07) is 8.64. The molecule has 21 heavy (non-hydrogen) atoms. The molecule has 1 saturated heterocycles. The van der Waals surface area contributed by atoms with Crippen molar-refractivity contribution >= 4 is 5.91 Å². The summed E-state index contributed by atoms with van der Waals surface area (Å²) < 4.78 is 37.4. The number of hydrogen-bond donors (Lipinski definition) is 1. The minimum absolute atomic E-state index is 0.0274. The normalized spacial score (nSPS) is 23.1. The van der Waals surface area contributed by atoms with Crippen LogP contribution in [0.25, 0.3) is 0 Å². The van der Waals surface area contributed by atoms with Crippen molar-refractivity contribution in [2.24, 2.45) is 5.92 Å². The van der Waals surface area contributed by atoms with E-state index in [2.05, 4.69) is 5.32 Å². The lowest BCUT2D eigenvalue weighted by Gasteiger charge is -2.25. The summed E-state index contributed by atoms with van der Waals surface area (Å²) in [4.78, 5) is 13.6. The zero-order valence-electron chi connectivity index (χ0n) is 12.0. The number of hydrogen-bond acceptors (Lipinski definition) is 2. The van der Waals surface area contributed by atoms with Gasteiger partial charge in [-0.15, -0.1) is 0 Å². The molecule has 2 atom stereocenters. The fourth-order valence-corrected chi connectivity index (χ4v) is 2.51. The van der Waals surface area contributed by atoms with Crippen molar-refractivity contribution in [2.75, 3.05) is 6.54 Å². The second-order valence-electron chi connectivity index (χ2n) is 5.60. The Kier molecular flexibility index (Phi) is 4.56. The fourth-order valence-electron chi connectivity index (χ4n) is 2.51. The minimum atomic E-state index is -4.27. The van der Waals surface area contributed by atoms with Gasteiger partial charge >= 0.3 is 6.18 Å². The maximum absolute atomic E-state index is 12.5. The lowest BCUT2D eigenvalue weighted by atomic mass is 10.1. The van der Waals surface area contributed by atoms with Gasteiger partial charge in [0, 0.05) is 6.54 Å². The van der Waals surface area contributed by atoms with Gasteiger partial charge in [0.2, 0.25) is 5.91 Å². The van der Waals surface area contributed by atoms with Crippen LogP contribution in [0.4, 0.5) is 13.2 Å². The summed E-state index contributed by atoms with van der Waals surface area (Å²) in [6.45, 7) is 3.44. The second kappa shape index (κ2) is 6.05. The van der Waals surface area contributed by atoms with Crippen LogP contribution in [-0.2, 0) is 4.79 Å². The molecule has 1 aromatic rings. The number of benzene rings is 1. The van der Waals surface area contributed by atoms with E-state index in [1.165, 1.54) is 4.90 Å². The molecule has 0 spiro atoms. The van der Waals surface area contributed by atoms with E-state index in [4.69, 9.17) is 0 Å². The summed E-state index contributed by atoms with van der Waals surface area (Å²) in [6.07, 6.45) is -5.75. The van der Waals surface area contributed by atoms with E-state index in [9.17, 15) is 18.0 Å². The Morgan fingerprint density at radius 1 is 1.24 bits per heavy atom. The molecule has 1 aliphatic rings. The quantitative estimate of drug-likeness (QED) is 0.926. The van der Waals surface area contributed by atoms with Crippen LogP contribution in [0.15, 0.2) is 30.3 Å². The Morgan fingerprint density at radius 2 is 1.86 bits per heavy atom. The van der Waals surface area contributed by atoms with Crippen molar-refractivity contribution in [2.45, 2.75) is 38.7 Å². The molecule has 3 nitrogen and oxygen atoms in total. The van der Waals surface area contributed by atoms with Crippen LogP contribution < -0.4 is 5.32 Å². The average Bonchev–Trinajstić information content (AvgIpc) is 2.74. The summed E-state index contributed by atoms with van der Waals surface area (Å²) >= 11 is 0. The first-order valence-electron chi connectivity index (χ1n) is 6.98. The predicted molar refractivity (Wildman–Crippen MR) is 73.3 cm³/mol. The van der Waals surface area contributed by atoms with E-state index >= 15 is 0 Å². The SMILES string of the molecule is CC(C)C1NC(c2ccccc2)N(CCC(F)(F)F)C1=O. The zero-order valence-corrected chi connectivity index (χ0v) is 12.0. The number of rotatable bonds is 4. The third-order valence-corrected chi connectivity index (χ3v) is 3.62. The van der Waals surface area contributed by atoms with E-state index in [1.54, 1.807) is 0 Å². The lowest BCUT2D eigenvalue weighted by molar-refractivity contribution is -0.145.